The van der Waals surface area contributed by atoms with Crippen LogP contribution in [0.15, 0.2) is 209 Å². The van der Waals surface area contributed by atoms with Crippen molar-refractivity contribution in [1.82, 2.24) is 0 Å². The first kappa shape index (κ1) is 32.7. The van der Waals surface area contributed by atoms with Crippen molar-refractivity contribution in [2.45, 2.75) is 5.41 Å². The number of anilines is 3. The smallest absolute Gasteiger partial charge is 0.137 e. The average molecular weight is 772 g/mol. The first-order chi connectivity index (χ1) is 29.3. The van der Waals surface area contributed by atoms with E-state index in [1.165, 1.54) is 53.6 Å². The molecule has 12 aromatic rings. The third kappa shape index (κ3) is 4.52. The highest BCUT2D eigenvalue weighted by atomic mass is 32.1. The molecule has 0 saturated heterocycles. The number of hydrogen-bond donors (Lipinski definition) is 0. The summed E-state index contributed by atoms with van der Waals surface area (Å²) in [5.74, 6) is 0. The van der Waals surface area contributed by atoms with Gasteiger partial charge >= 0.3 is 0 Å². The molecule has 1 aliphatic carbocycles. The van der Waals surface area contributed by atoms with Crippen molar-refractivity contribution in [1.29, 1.82) is 0 Å². The van der Waals surface area contributed by atoms with E-state index in [-0.39, 0.29) is 0 Å². The molecule has 9 aromatic carbocycles. The third-order valence-electron chi connectivity index (χ3n) is 12.5. The van der Waals surface area contributed by atoms with Gasteiger partial charge in [0.25, 0.3) is 0 Å². The summed E-state index contributed by atoms with van der Waals surface area (Å²) >= 11 is 1.84. The van der Waals surface area contributed by atoms with Crippen molar-refractivity contribution in [3.8, 4) is 11.1 Å². The summed E-state index contributed by atoms with van der Waals surface area (Å²) in [6.45, 7) is 0. The second-order valence-electron chi connectivity index (χ2n) is 15.5. The molecule has 0 aliphatic heterocycles. The lowest BCUT2D eigenvalue weighted by Crippen LogP contribution is -2.28. The number of nitrogens with zero attached hydrogens (tertiary/aromatic N) is 1. The maximum Gasteiger partial charge on any atom is 0.137 e. The van der Waals surface area contributed by atoms with Crippen molar-refractivity contribution in [2.75, 3.05) is 4.90 Å². The molecule has 59 heavy (non-hydrogen) atoms. The summed E-state index contributed by atoms with van der Waals surface area (Å²) in [5, 5.41) is 6.95. The van der Waals surface area contributed by atoms with Gasteiger partial charge in [0, 0.05) is 53.8 Å². The Morgan fingerprint density at radius 1 is 0.390 bits per heavy atom. The van der Waals surface area contributed by atoms with Gasteiger partial charge in [0.1, 0.15) is 22.3 Å². The van der Waals surface area contributed by atoms with Gasteiger partial charge in [-0.25, -0.2) is 0 Å². The summed E-state index contributed by atoms with van der Waals surface area (Å²) in [6.07, 6.45) is 0. The maximum absolute atomic E-state index is 6.76. The SMILES string of the molecule is c1ccc(C2(c3ccccc3)c3ccccc3-c3ccc(N(c4ccc5c(c4)oc4ccccc45)c4cccc5oc6ccc7c8ccccc8sc7c6c45)cc32)cc1. The molecule has 0 amide bonds. The Bertz CT molecular complexity index is 3590. The van der Waals surface area contributed by atoms with Crippen molar-refractivity contribution >= 4 is 92.4 Å². The van der Waals surface area contributed by atoms with E-state index in [0.717, 1.165) is 60.9 Å². The minimum Gasteiger partial charge on any atom is -0.456 e. The van der Waals surface area contributed by atoms with Crippen LogP contribution in [0.5, 0.6) is 0 Å². The largest absolute Gasteiger partial charge is 0.456 e. The van der Waals surface area contributed by atoms with E-state index in [9.17, 15) is 0 Å². The first-order valence-corrected chi connectivity index (χ1v) is 20.9. The minimum absolute atomic E-state index is 0.545. The monoisotopic (exact) mass is 771 g/mol. The highest BCUT2D eigenvalue weighted by Gasteiger charge is 2.46. The Balaban J connectivity index is 1.14. The molecule has 0 unspecified atom stereocenters. The molecule has 0 fully saturated rings. The number of fused-ring (bicyclic) bond motifs is 13. The van der Waals surface area contributed by atoms with Gasteiger partial charge < -0.3 is 13.7 Å². The zero-order valence-electron chi connectivity index (χ0n) is 31.7. The van der Waals surface area contributed by atoms with Crippen LogP contribution >= 0.6 is 11.3 Å². The molecule has 0 radical (unpaired) electrons. The average Bonchev–Trinajstić information content (AvgIpc) is 4.05. The molecule has 0 N–H and O–H groups in total. The van der Waals surface area contributed by atoms with Gasteiger partial charge in [0.15, 0.2) is 0 Å². The van der Waals surface area contributed by atoms with Gasteiger partial charge in [-0.15, -0.1) is 11.3 Å². The van der Waals surface area contributed by atoms with Gasteiger partial charge in [-0.3, -0.25) is 0 Å². The number of hydrogen-bond acceptors (Lipinski definition) is 4. The van der Waals surface area contributed by atoms with Crippen LogP contribution in [0.3, 0.4) is 0 Å². The molecule has 0 spiro atoms. The molecule has 0 saturated carbocycles. The number of para-hydroxylation sites is 1. The van der Waals surface area contributed by atoms with Crippen LogP contribution in [0, 0.1) is 0 Å². The predicted molar refractivity (Wildman–Crippen MR) is 246 cm³/mol. The maximum atomic E-state index is 6.76. The Hall–Kier alpha value is -7.40. The van der Waals surface area contributed by atoms with Gasteiger partial charge in [0.05, 0.1) is 16.5 Å². The lowest BCUT2D eigenvalue weighted by atomic mass is 9.67. The van der Waals surface area contributed by atoms with Crippen LogP contribution in [-0.4, -0.2) is 0 Å². The second kappa shape index (κ2) is 12.3. The van der Waals surface area contributed by atoms with Crippen LogP contribution in [0.2, 0.25) is 0 Å². The highest BCUT2D eigenvalue weighted by molar-refractivity contribution is 7.26. The standard InChI is InChI=1S/C55H33NO2S/c1-3-14-34(15-4-1)55(35-16-5-2-6-17-35)44-21-10-7-18-38(44)39-28-26-36(32-45(39)55)56(37-27-29-41-40-19-8-11-23-47(40)57-50(41)33-37)46-22-13-24-48-52(46)53-49(58-48)31-30-43-42-20-9-12-25-51(42)59-54(43)53/h1-33H. The van der Waals surface area contributed by atoms with E-state index in [2.05, 4.69) is 193 Å². The Kier molecular flexibility index (Phi) is 6.81. The van der Waals surface area contributed by atoms with E-state index in [0.29, 0.717) is 0 Å². The molecule has 4 heteroatoms. The van der Waals surface area contributed by atoms with Crippen LogP contribution in [0.1, 0.15) is 22.3 Å². The van der Waals surface area contributed by atoms with E-state index >= 15 is 0 Å². The Morgan fingerprint density at radius 3 is 1.85 bits per heavy atom. The Labute approximate surface area is 343 Å². The van der Waals surface area contributed by atoms with Crippen LogP contribution in [0.4, 0.5) is 17.1 Å². The van der Waals surface area contributed by atoms with Crippen molar-refractivity contribution in [2.24, 2.45) is 0 Å². The van der Waals surface area contributed by atoms with Crippen LogP contribution in [0.25, 0.3) is 75.2 Å². The number of furan rings is 2. The zero-order valence-corrected chi connectivity index (χ0v) is 32.5. The Morgan fingerprint density at radius 2 is 1.00 bits per heavy atom. The van der Waals surface area contributed by atoms with Gasteiger partial charge in [-0.05, 0) is 94.0 Å². The molecule has 1 aliphatic rings. The molecule has 3 nitrogen and oxygen atoms in total. The van der Waals surface area contributed by atoms with Crippen molar-refractivity contribution in [3.05, 3.63) is 222 Å². The summed E-state index contributed by atoms with van der Waals surface area (Å²) in [6, 6.07) is 72.5. The van der Waals surface area contributed by atoms with Crippen LogP contribution < -0.4 is 4.90 Å². The predicted octanol–water partition coefficient (Wildman–Crippen LogP) is 15.7. The topological polar surface area (TPSA) is 29.5 Å². The molecule has 3 aromatic heterocycles. The minimum atomic E-state index is -0.545. The number of benzene rings is 9. The van der Waals surface area contributed by atoms with E-state index in [1.54, 1.807) is 0 Å². The zero-order chi connectivity index (χ0) is 38.7. The quantitative estimate of drug-likeness (QED) is 0.175. The fraction of sp³-hybridized carbons (Fsp3) is 0.0182. The summed E-state index contributed by atoms with van der Waals surface area (Å²) < 4.78 is 15.8. The summed E-state index contributed by atoms with van der Waals surface area (Å²) in [4.78, 5) is 2.42. The molecular formula is C55H33NO2S. The molecule has 0 atom stereocenters. The van der Waals surface area contributed by atoms with Crippen molar-refractivity contribution < 1.29 is 8.83 Å². The lowest BCUT2D eigenvalue weighted by molar-refractivity contribution is 0.669. The lowest BCUT2D eigenvalue weighted by Gasteiger charge is -2.35. The van der Waals surface area contributed by atoms with Gasteiger partial charge in [-0.1, -0.05) is 133 Å². The second-order valence-corrected chi connectivity index (χ2v) is 16.6. The van der Waals surface area contributed by atoms with Crippen molar-refractivity contribution in [3.63, 3.8) is 0 Å². The highest BCUT2D eigenvalue weighted by Crippen LogP contribution is 2.58. The summed E-state index contributed by atoms with van der Waals surface area (Å²) in [7, 11) is 0. The van der Waals surface area contributed by atoms with E-state index < -0.39 is 5.41 Å². The summed E-state index contributed by atoms with van der Waals surface area (Å²) in [5.41, 5.74) is 13.5. The first-order valence-electron chi connectivity index (χ1n) is 20.1. The molecule has 276 valence electrons. The fourth-order valence-electron chi connectivity index (χ4n) is 10.1. The normalized spacial score (nSPS) is 13.2. The third-order valence-corrected chi connectivity index (χ3v) is 13.7. The van der Waals surface area contributed by atoms with E-state index in [1.807, 2.05) is 23.5 Å². The molecule has 0 bridgehead atoms. The van der Waals surface area contributed by atoms with E-state index in [4.69, 9.17) is 8.83 Å². The van der Waals surface area contributed by atoms with Crippen LogP contribution in [-0.2, 0) is 5.41 Å². The molecular weight excluding hydrogens is 739 g/mol. The molecule has 3 heterocycles. The van der Waals surface area contributed by atoms with Gasteiger partial charge in [0.2, 0.25) is 0 Å². The van der Waals surface area contributed by atoms with Gasteiger partial charge in [-0.2, -0.15) is 0 Å². The molecule has 13 rings (SSSR count). The number of rotatable bonds is 5. The number of thiophene rings is 1. The fourth-order valence-corrected chi connectivity index (χ4v) is 11.4.